The Kier molecular flexibility index (Phi) is 6.84. The Morgan fingerprint density at radius 1 is 1.17 bits per heavy atom. The Morgan fingerprint density at radius 3 is 2.54 bits per heavy atom. The van der Waals surface area contributed by atoms with Crippen LogP contribution in [0.1, 0.15) is 51.0 Å². The van der Waals surface area contributed by atoms with Gasteiger partial charge in [0.15, 0.2) is 9.84 Å². The molecule has 1 aromatic rings. The second-order valence-electron chi connectivity index (χ2n) is 7.18. The fourth-order valence-electron chi connectivity index (χ4n) is 3.40. The topological polar surface area (TPSA) is 54.5 Å². The lowest BCUT2D eigenvalue weighted by molar-refractivity contribution is -0.130. The van der Waals surface area contributed by atoms with Crippen LogP contribution >= 0.6 is 0 Å². The molecule has 1 fully saturated rings. The van der Waals surface area contributed by atoms with Crippen LogP contribution in [0.2, 0.25) is 0 Å². The Hall–Kier alpha value is -1.36. The number of hydrogen-bond acceptors (Lipinski definition) is 3. The highest BCUT2D eigenvalue weighted by molar-refractivity contribution is 7.91. The second kappa shape index (κ2) is 8.65. The van der Waals surface area contributed by atoms with E-state index in [1.807, 2.05) is 24.8 Å². The minimum Gasteiger partial charge on any atom is -0.343 e. The molecule has 1 unspecified atom stereocenters. The van der Waals surface area contributed by atoms with Crippen molar-refractivity contribution in [3.05, 3.63) is 35.9 Å². The van der Waals surface area contributed by atoms with Crippen molar-refractivity contribution in [1.82, 2.24) is 4.90 Å². The molecule has 1 saturated heterocycles. The minimum atomic E-state index is -3.12. The predicted molar refractivity (Wildman–Crippen MR) is 97.7 cm³/mol. The highest BCUT2D eigenvalue weighted by atomic mass is 32.2. The molecule has 1 heterocycles. The van der Waals surface area contributed by atoms with Gasteiger partial charge in [-0.25, -0.2) is 8.42 Å². The highest BCUT2D eigenvalue weighted by Crippen LogP contribution is 2.28. The van der Waals surface area contributed by atoms with Gasteiger partial charge in [-0.1, -0.05) is 44.2 Å². The molecule has 2 rings (SSSR count). The van der Waals surface area contributed by atoms with E-state index in [1.54, 1.807) is 0 Å². The third-order valence-electron chi connectivity index (χ3n) is 4.57. The van der Waals surface area contributed by atoms with Crippen molar-refractivity contribution < 1.29 is 13.2 Å². The number of nitrogens with zero attached hydrogens (tertiary/aromatic N) is 1. The summed E-state index contributed by atoms with van der Waals surface area (Å²) in [5, 5.41) is 0. The van der Waals surface area contributed by atoms with Crippen molar-refractivity contribution in [3.63, 3.8) is 0 Å². The molecule has 0 spiro atoms. The van der Waals surface area contributed by atoms with Crippen molar-refractivity contribution in [2.24, 2.45) is 5.92 Å². The molecule has 0 N–H and O–H groups in total. The van der Waals surface area contributed by atoms with Crippen LogP contribution in [0.4, 0.5) is 0 Å². The van der Waals surface area contributed by atoms with Gasteiger partial charge in [0, 0.05) is 19.5 Å². The Morgan fingerprint density at radius 2 is 1.88 bits per heavy atom. The SMILES string of the molecule is CC(C)CS(=O)(=O)CCC(=O)N1CCCC(c2ccccc2)CC1. The van der Waals surface area contributed by atoms with E-state index in [1.165, 1.54) is 5.56 Å². The maximum Gasteiger partial charge on any atom is 0.223 e. The smallest absolute Gasteiger partial charge is 0.223 e. The first-order valence-corrected chi connectivity index (χ1v) is 10.7. The summed E-state index contributed by atoms with van der Waals surface area (Å²) >= 11 is 0. The fraction of sp³-hybridized carbons (Fsp3) is 0.632. The minimum absolute atomic E-state index is 0.0176. The predicted octanol–water partition coefficient (Wildman–Crippen LogP) is 3.24. The van der Waals surface area contributed by atoms with Crippen molar-refractivity contribution in [2.45, 2.75) is 45.4 Å². The van der Waals surface area contributed by atoms with E-state index in [9.17, 15) is 13.2 Å². The van der Waals surface area contributed by atoms with Gasteiger partial charge < -0.3 is 4.90 Å². The van der Waals surface area contributed by atoms with E-state index in [0.717, 1.165) is 32.4 Å². The number of carbonyl (C=O) groups is 1. The molecule has 24 heavy (non-hydrogen) atoms. The molecule has 134 valence electrons. The Labute approximate surface area is 146 Å². The summed E-state index contributed by atoms with van der Waals surface area (Å²) in [6.07, 6.45) is 3.13. The van der Waals surface area contributed by atoms with Gasteiger partial charge in [0.05, 0.1) is 11.5 Å². The molecule has 0 radical (unpaired) electrons. The lowest BCUT2D eigenvalue weighted by atomic mass is 9.92. The van der Waals surface area contributed by atoms with Gasteiger partial charge >= 0.3 is 0 Å². The summed E-state index contributed by atoms with van der Waals surface area (Å²) in [5.41, 5.74) is 1.34. The Balaban J connectivity index is 1.86. The summed E-state index contributed by atoms with van der Waals surface area (Å²) in [5.74, 6) is 0.721. The lowest BCUT2D eigenvalue weighted by Crippen LogP contribution is -2.33. The van der Waals surface area contributed by atoms with Gasteiger partial charge in [-0.05, 0) is 36.7 Å². The maximum absolute atomic E-state index is 12.4. The maximum atomic E-state index is 12.4. The zero-order valence-electron chi connectivity index (χ0n) is 14.8. The molecule has 4 nitrogen and oxygen atoms in total. The lowest BCUT2D eigenvalue weighted by Gasteiger charge is -2.21. The number of carbonyl (C=O) groups excluding carboxylic acids is 1. The summed E-state index contributed by atoms with van der Waals surface area (Å²) in [7, 11) is -3.12. The average Bonchev–Trinajstić information content (AvgIpc) is 2.78. The van der Waals surface area contributed by atoms with Crippen LogP contribution in [-0.2, 0) is 14.6 Å². The van der Waals surface area contributed by atoms with Gasteiger partial charge in [-0.2, -0.15) is 0 Å². The van der Waals surface area contributed by atoms with Crippen molar-refractivity contribution in [1.29, 1.82) is 0 Å². The van der Waals surface area contributed by atoms with Gasteiger partial charge in [0.2, 0.25) is 5.91 Å². The molecule has 1 aliphatic heterocycles. The first kappa shape index (κ1) is 19.0. The summed E-state index contributed by atoms with van der Waals surface area (Å²) in [6.45, 7) is 5.24. The van der Waals surface area contributed by atoms with Crippen molar-refractivity contribution in [2.75, 3.05) is 24.6 Å². The van der Waals surface area contributed by atoms with E-state index in [4.69, 9.17) is 0 Å². The first-order chi connectivity index (χ1) is 11.4. The third kappa shape index (κ3) is 5.93. The normalized spacial score (nSPS) is 19.3. The van der Waals surface area contributed by atoms with Crippen LogP contribution < -0.4 is 0 Å². The first-order valence-electron chi connectivity index (χ1n) is 8.90. The van der Waals surface area contributed by atoms with E-state index in [0.29, 0.717) is 5.92 Å². The number of likely N-dealkylation sites (tertiary alicyclic amines) is 1. The molecule has 0 aliphatic carbocycles. The molecule has 0 saturated carbocycles. The van der Waals surface area contributed by atoms with Gasteiger partial charge in [0.1, 0.15) is 0 Å². The van der Waals surface area contributed by atoms with E-state index < -0.39 is 9.84 Å². The van der Waals surface area contributed by atoms with Crippen molar-refractivity contribution in [3.8, 4) is 0 Å². The number of amides is 1. The second-order valence-corrected chi connectivity index (χ2v) is 9.41. The van der Waals surface area contributed by atoms with Crippen LogP contribution in [0, 0.1) is 5.92 Å². The van der Waals surface area contributed by atoms with Gasteiger partial charge in [0.25, 0.3) is 0 Å². The van der Waals surface area contributed by atoms with Crippen LogP contribution in [0.15, 0.2) is 30.3 Å². The standard InChI is InChI=1S/C19H29NO3S/c1-16(2)15-24(22,23)14-11-19(21)20-12-6-9-18(10-13-20)17-7-4-3-5-8-17/h3-5,7-8,16,18H,6,9-15H2,1-2H3. The quantitative estimate of drug-likeness (QED) is 0.790. The fourth-order valence-corrected chi connectivity index (χ4v) is 5.06. The van der Waals surface area contributed by atoms with E-state index in [-0.39, 0.29) is 29.8 Å². The van der Waals surface area contributed by atoms with Crippen molar-refractivity contribution >= 4 is 15.7 Å². The molecule has 1 aliphatic rings. The highest BCUT2D eigenvalue weighted by Gasteiger charge is 2.23. The zero-order valence-corrected chi connectivity index (χ0v) is 15.6. The van der Waals surface area contributed by atoms with Crippen LogP contribution in [0.25, 0.3) is 0 Å². The van der Waals surface area contributed by atoms with Gasteiger partial charge in [-0.3, -0.25) is 4.79 Å². The molecule has 1 amide bonds. The van der Waals surface area contributed by atoms with E-state index in [2.05, 4.69) is 24.3 Å². The van der Waals surface area contributed by atoms with Gasteiger partial charge in [-0.15, -0.1) is 0 Å². The Bertz CT molecular complexity index is 625. The largest absolute Gasteiger partial charge is 0.343 e. The number of sulfone groups is 1. The number of benzene rings is 1. The summed E-state index contributed by atoms with van der Waals surface area (Å²) in [6, 6.07) is 10.4. The molecule has 5 heteroatoms. The van der Waals surface area contributed by atoms with E-state index >= 15 is 0 Å². The third-order valence-corrected chi connectivity index (χ3v) is 6.57. The van der Waals surface area contributed by atoms with Crippen LogP contribution in [0.5, 0.6) is 0 Å². The molecular weight excluding hydrogens is 322 g/mol. The molecule has 1 aromatic carbocycles. The average molecular weight is 352 g/mol. The molecular formula is C19H29NO3S. The molecule has 1 atom stereocenters. The monoisotopic (exact) mass is 351 g/mol. The molecule has 0 aromatic heterocycles. The zero-order chi connectivity index (χ0) is 17.6. The van der Waals surface area contributed by atoms with Crippen LogP contribution in [0.3, 0.4) is 0 Å². The van der Waals surface area contributed by atoms with Crippen LogP contribution in [-0.4, -0.2) is 43.8 Å². The molecule has 0 bridgehead atoms. The summed E-state index contributed by atoms with van der Waals surface area (Å²) < 4.78 is 23.9. The number of hydrogen-bond donors (Lipinski definition) is 0. The number of rotatable bonds is 6. The summed E-state index contributed by atoms with van der Waals surface area (Å²) in [4.78, 5) is 14.2.